The molecule has 1 aromatic rings. The molecular formula is C24H36ClN5O4S. The maximum Gasteiger partial charge on any atom is 0.410 e. The number of nitrogens with one attached hydrogen (secondary N) is 2. The number of likely N-dealkylation sites (tertiary alicyclic amines) is 1. The minimum Gasteiger partial charge on any atom is -0.444 e. The molecule has 1 unspecified atom stereocenters. The average molecular weight is 526 g/mol. The number of amides is 1. The molecule has 9 nitrogen and oxygen atoms in total. The lowest BCUT2D eigenvalue weighted by Gasteiger charge is -2.36. The molecule has 1 aromatic heterocycles. The largest absolute Gasteiger partial charge is 0.444 e. The number of carbonyl (C=O) groups is 1. The number of carbonyl (C=O) groups excluding carboxylic acids is 1. The van der Waals surface area contributed by atoms with Crippen LogP contribution in [0.5, 0.6) is 0 Å². The van der Waals surface area contributed by atoms with Gasteiger partial charge >= 0.3 is 6.09 Å². The molecule has 0 aromatic carbocycles. The average Bonchev–Trinajstić information content (AvgIpc) is 3.19. The number of hydrogen-bond donors (Lipinski definition) is 3. The summed E-state index contributed by atoms with van der Waals surface area (Å²) in [4.78, 5) is 19.9. The standard InChI is InChI=1S/C24H36ClN5O4S/c1-14-19(15-6-9-30(10-7-15)22(32)34-23(2,3)4)29-35-20(14)24(5)18(25)12-26-21(28-24)27-16-8-11-33-13-17(16)31/h12,15-17,31H,6-11,13H2,1-5H3,(H2,26,27,28)/t16-,17-,24?/m1/s1. The normalized spacial score (nSPS) is 29.4. The fourth-order valence-corrected chi connectivity index (χ4v) is 6.04. The van der Waals surface area contributed by atoms with Gasteiger partial charge in [0.1, 0.15) is 11.1 Å². The first-order valence-corrected chi connectivity index (χ1v) is 13.3. The van der Waals surface area contributed by atoms with Crippen LogP contribution in [-0.2, 0) is 15.0 Å². The number of aliphatic imine (C=N–C) groups is 1. The molecule has 0 radical (unpaired) electrons. The van der Waals surface area contributed by atoms with Gasteiger partial charge in [-0.3, -0.25) is 0 Å². The Morgan fingerprint density at radius 2 is 2.09 bits per heavy atom. The maximum atomic E-state index is 12.4. The highest BCUT2D eigenvalue weighted by molar-refractivity contribution is 7.06. The number of rotatable bonds is 3. The molecule has 3 N–H and O–H groups in total. The molecule has 0 spiro atoms. The molecule has 0 bridgehead atoms. The summed E-state index contributed by atoms with van der Waals surface area (Å²) in [6.45, 7) is 11.9. The van der Waals surface area contributed by atoms with Crippen LogP contribution in [0.15, 0.2) is 16.2 Å². The molecule has 194 valence electrons. The number of guanidine groups is 1. The molecule has 1 amide bonds. The van der Waals surface area contributed by atoms with E-state index in [0.717, 1.165) is 29.0 Å². The van der Waals surface area contributed by atoms with Gasteiger partial charge in [-0.1, -0.05) is 11.6 Å². The van der Waals surface area contributed by atoms with Crippen molar-refractivity contribution in [3.63, 3.8) is 0 Å². The molecule has 3 aliphatic heterocycles. The number of ether oxygens (including phenoxy) is 2. The first kappa shape index (κ1) is 26.2. The van der Waals surface area contributed by atoms with E-state index in [1.54, 1.807) is 11.1 Å². The summed E-state index contributed by atoms with van der Waals surface area (Å²) in [5.41, 5.74) is 1.00. The summed E-state index contributed by atoms with van der Waals surface area (Å²) in [5, 5.41) is 17.4. The Morgan fingerprint density at radius 1 is 1.37 bits per heavy atom. The van der Waals surface area contributed by atoms with Gasteiger partial charge in [-0.05, 0) is 71.0 Å². The Hall–Kier alpha value is -1.88. The lowest BCUT2D eigenvalue weighted by Crippen LogP contribution is -2.53. The van der Waals surface area contributed by atoms with Gasteiger partial charge in [-0.2, -0.15) is 4.37 Å². The van der Waals surface area contributed by atoms with Gasteiger partial charge in [0.05, 0.1) is 34.4 Å². The molecule has 4 heterocycles. The summed E-state index contributed by atoms with van der Waals surface area (Å²) in [6, 6.07) is -0.235. The molecule has 3 aliphatic rings. The summed E-state index contributed by atoms with van der Waals surface area (Å²) >= 11 is 8.15. The van der Waals surface area contributed by atoms with Crippen molar-refractivity contribution in [2.75, 3.05) is 26.3 Å². The van der Waals surface area contributed by atoms with Crippen LogP contribution in [0.4, 0.5) is 4.79 Å². The van der Waals surface area contributed by atoms with Crippen molar-refractivity contribution in [1.82, 2.24) is 19.9 Å². The second-order valence-corrected chi connectivity index (χ2v) is 11.8. The van der Waals surface area contributed by atoms with Crippen molar-refractivity contribution in [1.29, 1.82) is 0 Å². The Morgan fingerprint density at radius 3 is 2.74 bits per heavy atom. The van der Waals surface area contributed by atoms with Crippen LogP contribution in [0.1, 0.15) is 69.0 Å². The third kappa shape index (κ3) is 5.76. The molecule has 0 saturated carbocycles. The number of hydrogen-bond acceptors (Lipinski definition) is 7. The van der Waals surface area contributed by atoms with Gasteiger partial charge < -0.3 is 30.1 Å². The molecule has 35 heavy (non-hydrogen) atoms. The minimum absolute atomic E-state index is 0.235. The van der Waals surface area contributed by atoms with Crippen LogP contribution in [0.2, 0.25) is 0 Å². The van der Waals surface area contributed by atoms with E-state index in [9.17, 15) is 9.90 Å². The van der Waals surface area contributed by atoms with E-state index in [-0.39, 0.29) is 18.1 Å². The Labute approximate surface area is 216 Å². The molecule has 3 atom stereocenters. The second kappa shape index (κ2) is 10.2. The zero-order valence-corrected chi connectivity index (χ0v) is 22.6. The lowest BCUT2D eigenvalue weighted by molar-refractivity contribution is -0.0178. The number of nitrogens with zero attached hydrogens (tertiary/aromatic N) is 3. The summed E-state index contributed by atoms with van der Waals surface area (Å²) < 4.78 is 15.7. The predicted octanol–water partition coefficient (Wildman–Crippen LogP) is 3.56. The van der Waals surface area contributed by atoms with E-state index < -0.39 is 17.2 Å². The van der Waals surface area contributed by atoms with Crippen LogP contribution in [-0.4, -0.2) is 70.5 Å². The first-order valence-electron chi connectivity index (χ1n) is 12.2. The third-order valence-corrected chi connectivity index (χ3v) is 8.39. The van der Waals surface area contributed by atoms with Crippen molar-refractivity contribution < 1.29 is 19.4 Å². The number of aliphatic hydroxyl groups excluding tert-OH is 1. The Bertz CT molecular complexity index is 999. The second-order valence-electron chi connectivity index (χ2n) is 10.6. The van der Waals surface area contributed by atoms with Crippen LogP contribution in [0.3, 0.4) is 0 Å². The number of halogens is 1. The highest BCUT2D eigenvalue weighted by atomic mass is 35.5. The smallest absolute Gasteiger partial charge is 0.410 e. The van der Waals surface area contributed by atoms with Crippen LogP contribution >= 0.6 is 23.1 Å². The first-order chi connectivity index (χ1) is 16.5. The minimum atomic E-state index is -0.682. The number of aromatic nitrogens is 1. The molecule has 2 saturated heterocycles. The van der Waals surface area contributed by atoms with Gasteiger partial charge in [0.15, 0.2) is 5.96 Å². The van der Waals surface area contributed by atoms with E-state index in [0.29, 0.717) is 43.7 Å². The van der Waals surface area contributed by atoms with Gasteiger partial charge in [-0.25, -0.2) is 9.79 Å². The van der Waals surface area contributed by atoms with E-state index in [1.807, 2.05) is 27.7 Å². The van der Waals surface area contributed by atoms with E-state index in [4.69, 9.17) is 30.4 Å². The van der Waals surface area contributed by atoms with Crippen molar-refractivity contribution in [3.8, 4) is 0 Å². The number of aliphatic hydroxyl groups is 1. The van der Waals surface area contributed by atoms with E-state index in [1.165, 1.54) is 11.5 Å². The fourth-order valence-electron chi connectivity index (χ4n) is 4.73. The van der Waals surface area contributed by atoms with Gasteiger partial charge in [0.25, 0.3) is 0 Å². The topological polar surface area (TPSA) is 108 Å². The third-order valence-electron chi connectivity index (χ3n) is 6.71. The van der Waals surface area contributed by atoms with Crippen LogP contribution in [0, 0.1) is 6.92 Å². The van der Waals surface area contributed by atoms with E-state index in [2.05, 4.69) is 17.6 Å². The molecule has 11 heteroatoms. The molecule has 4 rings (SSSR count). The monoisotopic (exact) mass is 525 g/mol. The van der Waals surface area contributed by atoms with Crippen molar-refractivity contribution in [2.24, 2.45) is 4.99 Å². The number of piperidine rings is 1. The maximum absolute atomic E-state index is 12.4. The predicted molar refractivity (Wildman–Crippen MR) is 137 cm³/mol. The zero-order chi connectivity index (χ0) is 25.4. The SMILES string of the molecule is Cc1c(C2CCN(C(=O)OC(C)(C)C)CC2)nsc1C1(C)NC(=N[C@@H]2CCOC[C@H]2O)NC=C1Cl. The van der Waals surface area contributed by atoms with Crippen LogP contribution in [0.25, 0.3) is 0 Å². The Balaban J connectivity index is 1.47. The van der Waals surface area contributed by atoms with Gasteiger partial charge in [-0.15, -0.1) is 0 Å². The lowest BCUT2D eigenvalue weighted by atomic mass is 9.88. The Kier molecular flexibility index (Phi) is 7.66. The summed E-state index contributed by atoms with van der Waals surface area (Å²) in [7, 11) is 0. The molecular weight excluding hydrogens is 490 g/mol. The summed E-state index contributed by atoms with van der Waals surface area (Å²) in [6.07, 6.45) is 3.21. The zero-order valence-electron chi connectivity index (χ0n) is 21.1. The molecule has 0 aliphatic carbocycles. The van der Waals surface area contributed by atoms with Crippen molar-refractivity contribution >= 4 is 35.2 Å². The van der Waals surface area contributed by atoms with Crippen LogP contribution < -0.4 is 10.6 Å². The highest BCUT2D eigenvalue weighted by Crippen LogP contribution is 2.41. The molecule has 2 fully saturated rings. The quantitative estimate of drug-likeness (QED) is 0.553. The van der Waals surface area contributed by atoms with Crippen molar-refractivity contribution in [2.45, 2.75) is 83.1 Å². The van der Waals surface area contributed by atoms with E-state index >= 15 is 0 Å². The fraction of sp³-hybridized carbons (Fsp3) is 0.708. The summed E-state index contributed by atoms with van der Waals surface area (Å²) in [5.74, 6) is 0.847. The highest BCUT2D eigenvalue weighted by Gasteiger charge is 2.40. The van der Waals surface area contributed by atoms with Crippen molar-refractivity contribution in [3.05, 3.63) is 27.4 Å². The van der Waals surface area contributed by atoms with Gasteiger partial charge in [0.2, 0.25) is 0 Å². The van der Waals surface area contributed by atoms with Gasteiger partial charge in [0, 0.05) is 31.8 Å².